The summed E-state index contributed by atoms with van der Waals surface area (Å²) >= 11 is 0. The fourth-order valence-corrected chi connectivity index (χ4v) is 1.01. The predicted molar refractivity (Wildman–Crippen MR) is 56.6 cm³/mol. The molecule has 0 unspecified atom stereocenters. The number of halogens is 1. The van der Waals surface area contributed by atoms with Crippen molar-refractivity contribution in [3.8, 4) is 5.75 Å². The van der Waals surface area contributed by atoms with Gasteiger partial charge in [0.15, 0.2) is 0 Å². The summed E-state index contributed by atoms with van der Waals surface area (Å²) in [5, 5.41) is 2.40. The minimum absolute atomic E-state index is 0.00181. The Balaban J connectivity index is 2.89. The average Bonchev–Trinajstić information content (AvgIpc) is 2.23. The average molecular weight is 225 g/mol. The number of hydrogen-bond acceptors (Lipinski definition) is 3. The van der Waals surface area contributed by atoms with Crippen molar-refractivity contribution in [3.05, 3.63) is 24.0 Å². The van der Waals surface area contributed by atoms with Crippen molar-refractivity contribution < 1.29 is 18.7 Å². The van der Waals surface area contributed by atoms with E-state index in [0.717, 1.165) is 6.07 Å². The molecule has 0 fully saturated rings. The molecule has 16 heavy (non-hydrogen) atoms. The summed E-state index contributed by atoms with van der Waals surface area (Å²) in [6, 6.07) is 3.67. The van der Waals surface area contributed by atoms with Crippen LogP contribution in [0, 0.1) is 11.7 Å². The molecule has 0 spiro atoms. The largest absolute Gasteiger partial charge is 0.429 e. The van der Waals surface area contributed by atoms with Gasteiger partial charge in [0.2, 0.25) is 5.91 Å². The van der Waals surface area contributed by atoms with Gasteiger partial charge in [0.1, 0.15) is 11.6 Å². The van der Waals surface area contributed by atoms with Crippen LogP contribution in [0.3, 0.4) is 0 Å². The van der Waals surface area contributed by atoms with E-state index in [4.69, 9.17) is 0 Å². The number of carbonyl (C=O) groups is 2. The zero-order chi connectivity index (χ0) is 12.1. The summed E-state index contributed by atoms with van der Waals surface area (Å²) < 4.78 is 17.8. The number of anilines is 1. The van der Waals surface area contributed by atoms with Gasteiger partial charge in [-0.2, -0.15) is 0 Å². The van der Waals surface area contributed by atoms with Crippen molar-refractivity contribution in [1.82, 2.24) is 0 Å². The molecule has 1 aromatic carbocycles. The number of hydrogen-bond donors (Lipinski definition) is 1. The van der Waals surface area contributed by atoms with Gasteiger partial charge in [0.25, 0.3) is 6.47 Å². The maximum atomic E-state index is 13.3. The van der Waals surface area contributed by atoms with Crippen LogP contribution in [0.4, 0.5) is 10.1 Å². The first-order chi connectivity index (χ1) is 7.54. The molecule has 0 aliphatic carbocycles. The van der Waals surface area contributed by atoms with Gasteiger partial charge in [-0.25, -0.2) is 4.39 Å². The van der Waals surface area contributed by atoms with Crippen molar-refractivity contribution in [2.24, 2.45) is 5.92 Å². The van der Waals surface area contributed by atoms with Gasteiger partial charge in [-0.05, 0) is 12.1 Å². The first-order valence-corrected chi connectivity index (χ1v) is 4.75. The lowest BCUT2D eigenvalue weighted by atomic mass is 10.2. The molecule has 1 N–H and O–H groups in total. The zero-order valence-corrected chi connectivity index (χ0v) is 8.99. The van der Waals surface area contributed by atoms with Gasteiger partial charge in [0, 0.05) is 12.0 Å². The minimum Gasteiger partial charge on any atom is -0.429 e. The van der Waals surface area contributed by atoms with Crippen LogP contribution in [0.15, 0.2) is 18.2 Å². The van der Waals surface area contributed by atoms with E-state index in [0.29, 0.717) is 0 Å². The quantitative estimate of drug-likeness (QED) is 0.797. The Hall–Kier alpha value is -1.91. The molecule has 0 aromatic heterocycles. The van der Waals surface area contributed by atoms with Crippen LogP contribution in [0.1, 0.15) is 13.8 Å². The predicted octanol–water partition coefficient (Wildman–Crippen LogP) is 1.96. The monoisotopic (exact) mass is 225 g/mol. The molecule has 0 radical (unpaired) electrons. The van der Waals surface area contributed by atoms with Crippen molar-refractivity contribution in [2.45, 2.75) is 13.8 Å². The van der Waals surface area contributed by atoms with Crippen LogP contribution in [0.2, 0.25) is 0 Å². The number of rotatable bonds is 4. The van der Waals surface area contributed by atoms with Crippen LogP contribution in [-0.4, -0.2) is 12.4 Å². The third-order valence-electron chi connectivity index (χ3n) is 1.90. The highest BCUT2D eigenvalue weighted by molar-refractivity contribution is 5.92. The van der Waals surface area contributed by atoms with Gasteiger partial charge in [0.05, 0.1) is 5.69 Å². The molecule has 0 atom stereocenters. The van der Waals surface area contributed by atoms with Crippen molar-refractivity contribution in [1.29, 1.82) is 0 Å². The summed E-state index contributed by atoms with van der Waals surface area (Å²) in [5.41, 5.74) is -0.00181. The highest BCUT2D eigenvalue weighted by atomic mass is 19.1. The fraction of sp³-hybridized carbons (Fsp3) is 0.273. The summed E-state index contributed by atoms with van der Waals surface area (Å²) in [7, 11) is 0. The van der Waals surface area contributed by atoms with Gasteiger partial charge >= 0.3 is 0 Å². The van der Waals surface area contributed by atoms with Crippen LogP contribution in [0.25, 0.3) is 0 Å². The summed E-state index contributed by atoms with van der Waals surface area (Å²) in [5.74, 6) is -0.958. The molecule has 0 saturated carbocycles. The first kappa shape index (κ1) is 12.2. The summed E-state index contributed by atoms with van der Waals surface area (Å²) in [4.78, 5) is 21.4. The van der Waals surface area contributed by atoms with Crippen molar-refractivity contribution >= 4 is 18.1 Å². The highest BCUT2D eigenvalue weighted by Gasteiger charge is 2.11. The van der Waals surface area contributed by atoms with E-state index in [2.05, 4.69) is 10.1 Å². The van der Waals surface area contributed by atoms with Gasteiger partial charge in [-0.1, -0.05) is 13.8 Å². The topological polar surface area (TPSA) is 55.4 Å². The normalized spacial score (nSPS) is 10.0. The maximum Gasteiger partial charge on any atom is 0.298 e. The summed E-state index contributed by atoms with van der Waals surface area (Å²) in [6.45, 7) is 3.62. The molecule has 86 valence electrons. The molecule has 0 heterocycles. The summed E-state index contributed by atoms with van der Waals surface area (Å²) in [6.07, 6.45) is 0. The van der Waals surface area contributed by atoms with Crippen LogP contribution >= 0.6 is 0 Å². The molecule has 4 nitrogen and oxygen atoms in total. The molecule has 5 heteroatoms. The third kappa shape index (κ3) is 3.05. The number of nitrogens with one attached hydrogen (secondary N) is 1. The second-order valence-corrected chi connectivity index (χ2v) is 3.50. The number of carbonyl (C=O) groups excluding carboxylic acids is 2. The van der Waals surface area contributed by atoms with E-state index in [9.17, 15) is 14.0 Å². The van der Waals surface area contributed by atoms with Crippen molar-refractivity contribution in [3.63, 3.8) is 0 Å². The van der Waals surface area contributed by atoms with E-state index in [1.54, 1.807) is 13.8 Å². The Bertz CT molecular complexity index is 404. The number of amides is 1. The molecule has 0 aliphatic heterocycles. The first-order valence-electron chi connectivity index (χ1n) is 4.75. The molecular formula is C11H12FNO3. The van der Waals surface area contributed by atoms with E-state index in [-0.39, 0.29) is 29.7 Å². The Labute approximate surface area is 92.4 Å². The lowest BCUT2D eigenvalue weighted by Crippen LogP contribution is -2.18. The molecule has 0 bridgehead atoms. The third-order valence-corrected chi connectivity index (χ3v) is 1.90. The van der Waals surface area contributed by atoms with Crippen LogP contribution < -0.4 is 10.1 Å². The molecule has 1 rings (SSSR count). The van der Waals surface area contributed by atoms with E-state index >= 15 is 0 Å². The van der Waals surface area contributed by atoms with Crippen LogP contribution in [-0.2, 0) is 9.59 Å². The molecule has 0 saturated heterocycles. The lowest BCUT2D eigenvalue weighted by molar-refractivity contribution is -0.120. The highest BCUT2D eigenvalue weighted by Crippen LogP contribution is 2.21. The molecule has 1 aromatic rings. The minimum atomic E-state index is -0.577. The van der Waals surface area contributed by atoms with Crippen LogP contribution in [0.5, 0.6) is 5.75 Å². The number of benzene rings is 1. The standard InChI is InChI=1S/C11H12FNO3/c1-7(2)11(15)13-10-5-8(16-6-14)3-4-9(10)12/h3-7H,1-2H3,(H,13,15). The van der Waals surface area contributed by atoms with E-state index < -0.39 is 5.82 Å². The Morgan fingerprint density at radius 2 is 2.19 bits per heavy atom. The smallest absolute Gasteiger partial charge is 0.298 e. The Kier molecular flexibility index (Phi) is 3.99. The second kappa shape index (κ2) is 5.25. The lowest BCUT2D eigenvalue weighted by Gasteiger charge is -2.09. The molecule has 1 amide bonds. The maximum absolute atomic E-state index is 13.3. The SMILES string of the molecule is CC(C)C(=O)Nc1cc(OC=O)ccc1F. The van der Waals surface area contributed by atoms with E-state index in [1.807, 2.05) is 0 Å². The van der Waals surface area contributed by atoms with Gasteiger partial charge in [-0.15, -0.1) is 0 Å². The zero-order valence-electron chi connectivity index (χ0n) is 8.99. The van der Waals surface area contributed by atoms with Crippen molar-refractivity contribution in [2.75, 3.05) is 5.32 Å². The molecular weight excluding hydrogens is 213 g/mol. The fourth-order valence-electron chi connectivity index (χ4n) is 1.01. The van der Waals surface area contributed by atoms with E-state index in [1.165, 1.54) is 12.1 Å². The van der Waals surface area contributed by atoms with Gasteiger partial charge in [-0.3, -0.25) is 9.59 Å². The van der Waals surface area contributed by atoms with Gasteiger partial charge < -0.3 is 10.1 Å². The molecule has 0 aliphatic rings. The number of ether oxygens (including phenoxy) is 1. The Morgan fingerprint density at radius 3 is 2.75 bits per heavy atom. The Morgan fingerprint density at radius 1 is 1.50 bits per heavy atom. The second-order valence-electron chi connectivity index (χ2n) is 3.50.